The maximum absolute atomic E-state index is 12.6. The van der Waals surface area contributed by atoms with Crippen molar-refractivity contribution >= 4 is 5.91 Å². The largest absolute Gasteiger partial charge is 0.339 e. The van der Waals surface area contributed by atoms with E-state index in [1.807, 2.05) is 42.0 Å². The molecule has 0 aliphatic rings. The van der Waals surface area contributed by atoms with E-state index in [1.165, 1.54) is 0 Å². The molecule has 0 spiro atoms. The molecule has 5 nitrogen and oxygen atoms in total. The number of carbonyl (C=O) groups excluding carboxylic acids is 1. The molecular weight excluding hydrogens is 288 g/mol. The molecule has 0 N–H and O–H groups in total. The molecule has 0 bridgehead atoms. The summed E-state index contributed by atoms with van der Waals surface area (Å²) in [5.74, 6) is 0.163. The average molecular weight is 314 g/mol. The van der Waals surface area contributed by atoms with Crippen LogP contribution in [0.5, 0.6) is 0 Å². The van der Waals surface area contributed by atoms with Crippen LogP contribution in [0.2, 0.25) is 0 Å². The molecule has 2 heterocycles. The first-order valence-electron chi connectivity index (χ1n) is 8.26. The van der Waals surface area contributed by atoms with E-state index in [4.69, 9.17) is 0 Å². The number of aromatic nitrogens is 3. The average Bonchev–Trinajstić information content (AvgIpc) is 2.99. The summed E-state index contributed by atoms with van der Waals surface area (Å²) < 4.78 is 1.82. The molecule has 23 heavy (non-hydrogen) atoms. The Kier molecular flexibility index (Phi) is 6.32. The second-order valence-corrected chi connectivity index (χ2v) is 5.90. The molecule has 0 aromatic carbocycles. The summed E-state index contributed by atoms with van der Waals surface area (Å²) in [4.78, 5) is 18.7. The molecule has 2 aromatic heterocycles. The minimum Gasteiger partial charge on any atom is -0.339 e. The first kappa shape index (κ1) is 17.2. The van der Waals surface area contributed by atoms with E-state index in [0.29, 0.717) is 12.8 Å². The third-order valence-corrected chi connectivity index (χ3v) is 4.28. The van der Waals surface area contributed by atoms with Crippen LogP contribution in [0.3, 0.4) is 0 Å². The molecule has 0 saturated carbocycles. The van der Waals surface area contributed by atoms with Crippen LogP contribution in [0, 0.1) is 0 Å². The number of hydrogen-bond acceptors (Lipinski definition) is 3. The van der Waals surface area contributed by atoms with E-state index >= 15 is 0 Å². The highest BCUT2D eigenvalue weighted by atomic mass is 16.2. The Morgan fingerprint density at radius 1 is 1.35 bits per heavy atom. The van der Waals surface area contributed by atoms with Crippen molar-refractivity contribution < 1.29 is 4.79 Å². The molecule has 0 saturated heterocycles. The Balaban J connectivity index is 2.02. The number of pyridine rings is 1. The summed E-state index contributed by atoms with van der Waals surface area (Å²) in [6.07, 6.45) is 9.80. The van der Waals surface area contributed by atoms with E-state index in [9.17, 15) is 4.79 Å². The lowest BCUT2D eigenvalue weighted by Crippen LogP contribution is -2.31. The van der Waals surface area contributed by atoms with Crippen molar-refractivity contribution in [1.29, 1.82) is 0 Å². The fraction of sp³-hybridized carbons (Fsp3) is 0.500. The van der Waals surface area contributed by atoms with Crippen LogP contribution >= 0.6 is 0 Å². The second kappa shape index (κ2) is 8.46. The Morgan fingerprint density at radius 3 is 2.78 bits per heavy atom. The van der Waals surface area contributed by atoms with E-state index in [0.717, 1.165) is 30.5 Å². The number of aryl methyl sites for hydroxylation is 2. The number of hydrogen-bond donors (Lipinski definition) is 0. The minimum atomic E-state index is 0.0997. The third-order valence-electron chi connectivity index (χ3n) is 4.28. The first-order chi connectivity index (χ1) is 11.1. The zero-order chi connectivity index (χ0) is 16.7. The minimum absolute atomic E-state index is 0.0997. The Hall–Kier alpha value is -2.17. The molecule has 0 unspecified atom stereocenters. The number of rotatable bonds is 8. The Labute approximate surface area is 138 Å². The molecule has 0 aliphatic heterocycles. The van der Waals surface area contributed by atoms with Gasteiger partial charge in [0, 0.05) is 44.8 Å². The molecule has 0 aliphatic carbocycles. The van der Waals surface area contributed by atoms with Crippen LogP contribution in [0.4, 0.5) is 0 Å². The standard InChI is InChI=1S/C18H26N4O/c1-4-5-8-17(15-7-6-12-19-14-15)21(2)18(23)10-9-16-11-13-20-22(16)3/h6-7,11-14,17H,4-5,8-10H2,1-3H3/t17-/m0/s1. The van der Waals surface area contributed by atoms with Crippen LogP contribution in [-0.2, 0) is 18.3 Å². The lowest BCUT2D eigenvalue weighted by molar-refractivity contribution is -0.132. The first-order valence-corrected chi connectivity index (χ1v) is 8.26. The zero-order valence-corrected chi connectivity index (χ0v) is 14.3. The van der Waals surface area contributed by atoms with Crippen molar-refractivity contribution in [1.82, 2.24) is 19.7 Å². The van der Waals surface area contributed by atoms with Crippen molar-refractivity contribution in [2.45, 2.75) is 45.1 Å². The van der Waals surface area contributed by atoms with Crippen LogP contribution in [0.1, 0.15) is 49.9 Å². The van der Waals surface area contributed by atoms with Gasteiger partial charge in [0.15, 0.2) is 0 Å². The number of carbonyl (C=O) groups is 1. The van der Waals surface area contributed by atoms with Gasteiger partial charge >= 0.3 is 0 Å². The summed E-state index contributed by atoms with van der Waals surface area (Å²) >= 11 is 0. The van der Waals surface area contributed by atoms with Gasteiger partial charge in [-0.05, 0) is 30.5 Å². The van der Waals surface area contributed by atoms with Gasteiger partial charge in [0.2, 0.25) is 5.91 Å². The van der Waals surface area contributed by atoms with Crippen LogP contribution in [-0.4, -0.2) is 32.6 Å². The van der Waals surface area contributed by atoms with Crippen molar-refractivity contribution in [2.24, 2.45) is 7.05 Å². The fourth-order valence-corrected chi connectivity index (χ4v) is 2.79. The molecule has 1 atom stereocenters. The van der Waals surface area contributed by atoms with Gasteiger partial charge in [-0.1, -0.05) is 25.8 Å². The lowest BCUT2D eigenvalue weighted by Gasteiger charge is -2.28. The highest BCUT2D eigenvalue weighted by Crippen LogP contribution is 2.25. The Bertz CT molecular complexity index is 608. The molecule has 1 amide bonds. The van der Waals surface area contributed by atoms with Crippen LogP contribution < -0.4 is 0 Å². The van der Waals surface area contributed by atoms with Crippen LogP contribution in [0.15, 0.2) is 36.8 Å². The number of unbranched alkanes of at least 4 members (excludes halogenated alkanes) is 1. The smallest absolute Gasteiger partial charge is 0.223 e. The molecule has 2 aromatic rings. The monoisotopic (exact) mass is 314 g/mol. The molecule has 5 heteroatoms. The molecule has 2 rings (SSSR count). The third kappa shape index (κ3) is 4.65. The summed E-state index contributed by atoms with van der Waals surface area (Å²) in [6, 6.07) is 6.05. The van der Waals surface area contributed by atoms with Crippen molar-refractivity contribution in [3.63, 3.8) is 0 Å². The van der Waals surface area contributed by atoms with Gasteiger partial charge in [-0.3, -0.25) is 14.5 Å². The zero-order valence-electron chi connectivity index (χ0n) is 14.3. The van der Waals surface area contributed by atoms with E-state index in [-0.39, 0.29) is 11.9 Å². The second-order valence-electron chi connectivity index (χ2n) is 5.90. The molecule has 124 valence electrons. The van der Waals surface area contributed by atoms with Gasteiger partial charge in [-0.25, -0.2) is 0 Å². The maximum atomic E-state index is 12.6. The van der Waals surface area contributed by atoms with Crippen molar-refractivity contribution in [2.75, 3.05) is 7.05 Å². The predicted molar refractivity (Wildman–Crippen MR) is 90.8 cm³/mol. The van der Waals surface area contributed by atoms with Crippen LogP contribution in [0.25, 0.3) is 0 Å². The van der Waals surface area contributed by atoms with Gasteiger partial charge < -0.3 is 4.90 Å². The fourth-order valence-electron chi connectivity index (χ4n) is 2.79. The summed E-state index contributed by atoms with van der Waals surface area (Å²) in [5.41, 5.74) is 2.19. The maximum Gasteiger partial charge on any atom is 0.223 e. The summed E-state index contributed by atoms with van der Waals surface area (Å²) in [5, 5.41) is 4.15. The van der Waals surface area contributed by atoms with E-state index in [2.05, 4.69) is 23.1 Å². The highest BCUT2D eigenvalue weighted by molar-refractivity contribution is 5.76. The van der Waals surface area contributed by atoms with Crippen molar-refractivity contribution in [3.8, 4) is 0 Å². The lowest BCUT2D eigenvalue weighted by atomic mass is 10.0. The quantitative estimate of drug-likeness (QED) is 0.752. The normalized spacial score (nSPS) is 12.1. The van der Waals surface area contributed by atoms with Gasteiger partial charge in [0.25, 0.3) is 0 Å². The summed E-state index contributed by atoms with van der Waals surface area (Å²) in [6.45, 7) is 2.17. The van der Waals surface area contributed by atoms with E-state index in [1.54, 1.807) is 12.4 Å². The van der Waals surface area contributed by atoms with E-state index < -0.39 is 0 Å². The molecular formula is C18H26N4O. The van der Waals surface area contributed by atoms with Gasteiger partial charge in [-0.15, -0.1) is 0 Å². The van der Waals surface area contributed by atoms with Gasteiger partial charge in [0.05, 0.1) is 6.04 Å². The number of nitrogens with zero attached hydrogens (tertiary/aromatic N) is 4. The van der Waals surface area contributed by atoms with Crippen molar-refractivity contribution in [3.05, 3.63) is 48.0 Å². The molecule has 0 fully saturated rings. The SMILES string of the molecule is CCCC[C@@H](c1cccnc1)N(C)C(=O)CCc1ccnn1C. The Morgan fingerprint density at radius 2 is 2.17 bits per heavy atom. The predicted octanol–water partition coefficient (Wildman–Crippen LogP) is 3.14. The topological polar surface area (TPSA) is 51.0 Å². The van der Waals surface area contributed by atoms with Gasteiger partial charge in [-0.2, -0.15) is 5.10 Å². The van der Waals surface area contributed by atoms with Gasteiger partial charge in [0.1, 0.15) is 0 Å². The molecule has 0 radical (unpaired) electrons. The number of amides is 1. The highest BCUT2D eigenvalue weighted by Gasteiger charge is 2.21. The summed E-state index contributed by atoms with van der Waals surface area (Å²) in [7, 11) is 3.81.